The Morgan fingerprint density at radius 3 is 2.65 bits per heavy atom. The summed E-state index contributed by atoms with van der Waals surface area (Å²) in [4.78, 5) is 11.8. The average molecular weight is 272 g/mol. The molecule has 0 aromatic heterocycles. The number of ether oxygens (including phenoxy) is 1. The van der Waals surface area contributed by atoms with E-state index >= 15 is 0 Å². The van der Waals surface area contributed by atoms with Gasteiger partial charge in [0.05, 0.1) is 6.07 Å². The number of carbonyl (C=O) groups excluding carboxylic acids is 1. The number of nitriles is 1. The largest absolute Gasteiger partial charge is 0.445 e. The molecule has 4 nitrogen and oxygen atoms in total. The lowest BCUT2D eigenvalue weighted by Crippen LogP contribution is -2.49. The number of benzene rings is 1. The van der Waals surface area contributed by atoms with Gasteiger partial charge >= 0.3 is 6.09 Å². The van der Waals surface area contributed by atoms with Gasteiger partial charge in [0, 0.05) is 0 Å². The molecule has 1 fully saturated rings. The molecule has 1 aromatic rings. The number of alkyl carbamates (subject to hydrolysis) is 1. The zero-order valence-corrected chi connectivity index (χ0v) is 11.8. The molecular formula is C16H20N2O2. The molecule has 1 aliphatic rings. The van der Waals surface area contributed by atoms with Crippen molar-refractivity contribution in [3.63, 3.8) is 0 Å². The number of nitrogens with one attached hydrogen (secondary N) is 1. The van der Waals surface area contributed by atoms with Crippen LogP contribution in [0.15, 0.2) is 30.3 Å². The van der Waals surface area contributed by atoms with Crippen LogP contribution in [0.2, 0.25) is 0 Å². The lowest BCUT2D eigenvalue weighted by molar-refractivity contribution is 0.123. The summed E-state index contributed by atoms with van der Waals surface area (Å²) in [7, 11) is 0. The van der Waals surface area contributed by atoms with Crippen LogP contribution in [0, 0.1) is 17.2 Å². The van der Waals surface area contributed by atoms with Crippen LogP contribution in [0.4, 0.5) is 4.79 Å². The minimum absolute atomic E-state index is 0.227. The molecule has 1 N–H and O–H groups in total. The number of hydrogen-bond acceptors (Lipinski definition) is 3. The fourth-order valence-electron chi connectivity index (χ4n) is 2.47. The highest BCUT2D eigenvalue weighted by Crippen LogP contribution is 2.31. The summed E-state index contributed by atoms with van der Waals surface area (Å²) in [5.41, 5.74) is 0.186. The van der Waals surface area contributed by atoms with E-state index in [2.05, 4.69) is 18.3 Å². The maximum absolute atomic E-state index is 11.8. The molecule has 1 aliphatic carbocycles. The number of nitrogens with zero attached hydrogens (tertiary/aromatic N) is 1. The van der Waals surface area contributed by atoms with Gasteiger partial charge in [-0.15, -0.1) is 0 Å². The lowest BCUT2D eigenvalue weighted by atomic mass is 9.78. The Morgan fingerprint density at radius 2 is 2.05 bits per heavy atom. The second kappa shape index (κ2) is 6.42. The Hall–Kier alpha value is -2.02. The van der Waals surface area contributed by atoms with Gasteiger partial charge in [0.25, 0.3) is 0 Å². The van der Waals surface area contributed by atoms with E-state index in [-0.39, 0.29) is 6.61 Å². The van der Waals surface area contributed by atoms with E-state index in [0.29, 0.717) is 18.8 Å². The van der Waals surface area contributed by atoms with Gasteiger partial charge in [-0.3, -0.25) is 0 Å². The second-order valence-electron chi connectivity index (χ2n) is 5.56. The average Bonchev–Trinajstić information content (AvgIpc) is 2.49. The highest BCUT2D eigenvalue weighted by molar-refractivity contribution is 5.69. The van der Waals surface area contributed by atoms with Crippen LogP contribution in [0.5, 0.6) is 0 Å². The van der Waals surface area contributed by atoms with Crippen LogP contribution in [-0.2, 0) is 11.3 Å². The van der Waals surface area contributed by atoms with E-state index in [1.807, 2.05) is 30.3 Å². The molecule has 0 atom stereocenters. The number of rotatable bonds is 3. The smallest absolute Gasteiger partial charge is 0.408 e. The van der Waals surface area contributed by atoms with Crippen molar-refractivity contribution in [1.82, 2.24) is 5.32 Å². The highest BCUT2D eigenvalue weighted by atomic mass is 16.5. The van der Waals surface area contributed by atoms with Gasteiger partial charge in [-0.05, 0) is 37.2 Å². The molecular weight excluding hydrogens is 252 g/mol. The first kappa shape index (κ1) is 14.4. The number of hydrogen-bond donors (Lipinski definition) is 1. The molecule has 1 saturated carbocycles. The Bertz CT molecular complexity index is 485. The van der Waals surface area contributed by atoms with Crippen LogP contribution in [0.25, 0.3) is 0 Å². The zero-order chi connectivity index (χ0) is 14.4. The SMILES string of the molecule is CC1CCC(C#N)(NC(=O)OCc2ccccc2)CC1. The standard InChI is InChI=1S/C16H20N2O2/c1-13-7-9-16(12-17,10-8-13)18-15(19)20-11-14-5-3-2-4-6-14/h2-6,13H,7-11H2,1H3,(H,18,19). The van der Waals surface area contributed by atoms with Gasteiger partial charge in [0.15, 0.2) is 0 Å². The first-order valence-electron chi connectivity index (χ1n) is 7.04. The van der Waals surface area contributed by atoms with Gasteiger partial charge in [-0.25, -0.2) is 4.79 Å². The quantitative estimate of drug-likeness (QED) is 0.917. The molecule has 4 heteroatoms. The zero-order valence-electron chi connectivity index (χ0n) is 11.8. The van der Waals surface area contributed by atoms with E-state index in [4.69, 9.17) is 4.74 Å². The van der Waals surface area contributed by atoms with Gasteiger partial charge in [0.2, 0.25) is 0 Å². The van der Waals surface area contributed by atoms with Crippen molar-refractivity contribution in [2.24, 2.45) is 5.92 Å². The van der Waals surface area contributed by atoms with Gasteiger partial charge in [-0.1, -0.05) is 37.3 Å². The predicted octanol–water partition coefficient (Wildman–Crippen LogP) is 3.39. The van der Waals surface area contributed by atoms with Crippen LogP contribution in [0.1, 0.15) is 38.2 Å². The van der Waals surface area contributed by atoms with Crippen LogP contribution in [0.3, 0.4) is 0 Å². The fourth-order valence-corrected chi connectivity index (χ4v) is 2.47. The molecule has 2 rings (SSSR count). The van der Waals surface area contributed by atoms with E-state index in [1.165, 1.54) is 0 Å². The van der Waals surface area contributed by atoms with Crippen LogP contribution < -0.4 is 5.32 Å². The summed E-state index contributed by atoms with van der Waals surface area (Å²) >= 11 is 0. The predicted molar refractivity (Wildman–Crippen MR) is 75.7 cm³/mol. The molecule has 0 bridgehead atoms. The van der Waals surface area contributed by atoms with Crippen molar-refractivity contribution in [2.45, 2.75) is 44.8 Å². The fraction of sp³-hybridized carbons (Fsp3) is 0.500. The Kier molecular flexibility index (Phi) is 4.62. The molecule has 106 valence electrons. The third-order valence-electron chi connectivity index (χ3n) is 3.90. The van der Waals surface area contributed by atoms with Crippen molar-refractivity contribution in [2.75, 3.05) is 0 Å². The molecule has 0 spiro atoms. The van der Waals surface area contributed by atoms with E-state index in [1.54, 1.807) is 0 Å². The number of carbonyl (C=O) groups is 1. The van der Waals surface area contributed by atoms with Gasteiger partial charge < -0.3 is 10.1 Å². The van der Waals surface area contributed by atoms with Crippen molar-refractivity contribution < 1.29 is 9.53 Å². The van der Waals surface area contributed by atoms with Crippen molar-refractivity contribution in [3.8, 4) is 6.07 Å². The summed E-state index contributed by atoms with van der Waals surface area (Å²) in [6.45, 7) is 2.40. The normalized spacial score (nSPS) is 25.5. The van der Waals surface area contributed by atoms with Gasteiger partial charge in [-0.2, -0.15) is 5.26 Å². The van der Waals surface area contributed by atoms with Crippen molar-refractivity contribution >= 4 is 6.09 Å². The molecule has 0 aliphatic heterocycles. The monoisotopic (exact) mass is 272 g/mol. The van der Waals surface area contributed by atoms with Crippen molar-refractivity contribution in [1.29, 1.82) is 5.26 Å². The minimum Gasteiger partial charge on any atom is -0.445 e. The maximum atomic E-state index is 11.8. The third-order valence-corrected chi connectivity index (χ3v) is 3.90. The summed E-state index contributed by atoms with van der Waals surface area (Å²) in [6, 6.07) is 11.8. The van der Waals surface area contributed by atoms with Crippen LogP contribution in [-0.4, -0.2) is 11.6 Å². The van der Waals surface area contributed by atoms with E-state index in [0.717, 1.165) is 18.4 Å². The topological polar surface area (TPSA) is 62.1 Å². The third kappa shape index (κ3) is 3.74. The van der Waals surface area contributed by atoms with E-state index < -0.39 is 11.6 Å². The highest BCUT2D eigenvalue weighted by Gasteiger charge is 2.36. The molecule has 0 heterocycles. The summed E-state index contributed by atoms with van der Waals surface area (Å²) in [5.74, 6) is 0.624. The lowest BCUT2D eigenvalue weighted by Gasteiger charge is -2.33. The summed E-state index contributed by atoms with van der Waals surface area (Å²) in [5, 5.41) is 12.1. The minimum atomic E-state index is -0.750. The molecule has 1 aromatic carbocycles. The van der Waals surface area contributed by atoms with Crippen molar-refractivity contribution in [3.05, 3.63) is 35.9 Å². The molecule has 20 heavy (non-hydrogen) atoms. The Balaban J connectivity index is 1.85. The van der Waals surface area contributed by atoms with Crippen LogP contribution >= 0.6 is 0 Å². The molecule has 0 saturated heterocycles. The summed E-state index contributed by atoms with van der Waals surface area (Å²) < 4.78 is 5.18. The van der Waals surface area contributed by atoms with E-state index in [9.17, 15) is 10.1 Å². The number of amides is 1. The molecule has 0 unspecified atom stereocenters. The molecule has 0 radical (unpaired) electrons. The van der Waals surface area contributed by atoms with Gasteiger partial charge in [0.1, 0.15) is 12.1 Å². The Morgan fingerprint density at radius 1 is 1.40 bits per heavy atom. The molecule has 1 amide bonds. The Labute approximate surface area is 119 Å². The second-order valence-corrected chi connectivity index (χ2v) is 5.56. The first-order valence-corrected chi connectivity index (χ1v) is 7.04. The maximum Gasteiger partial charge on any atom is 0.408 e. The summed E-state index contributed by atoms with van der Waals surface area (Å²) in [6.07, 6.45) is 2.82. The first-order chi connectivity index (χ1) is 9.63.